The van der Waals surface area contributed by atoms with Gasteiger partial charge in [0.05, 0.1) is 5.69 Å². The highest BCUT2D eigenvalue weighted by Gasteiger charge is 2.21. The fourth-order valence-corrected chi connectivity index (χ4v) is 3.69. The van der Waals surface area contributed by atoms with Crippen LogP contribution >= 0.6 is 11.8 Å². The number of hydrogen-bond acceptors (Lipinski definition) is 3. The molecule has 1 heterocycles. The molecule has 0 saturated carbocycles. The molecule has 0 aliphatic carbocycles. The molecular formula is C18H26N2OS. The predicted octanol–water partition coefficient (Wildman–Crippen LogP) is 4.99. The van der Waals surface area contributed by atoms with Gasteiger partial charge in [-0.05, 0) is 48.9 Å². The lowest BCUT2D eigenvalue weighted by Crippen LogP contribution is -2.07. The minimum atomic E-state index is -0.550. The Balaban J connectivity index is 2.36. The second-order valence-electron chi connectivity index (χ2n) is 6.61. The first-order chi connectivity index (χ1) is 10.3. The number of hydrogen-bond donors (Lipinski definition) is 2. The molecule has 0 radical (unpaired) electrons. The van der Waals surface area contributed by atoms with E-state index in [2.05, 4.69) is 55.9 Å². The number of benzene rings is 1. The first kappa shape index (κ1) is 17.1. The number of imidazole rings is 1. The van der Waals surface area contributed by atoms with Crippen molar-refractivity contribution in [1.29, 1.82) is 0 Å². The highest BCUT2D eigenvalue weighted by atomic mass is 32.2. The van der Waals surface area contributed by atoms with Crippen LogP contribution in [0.1, 0.15) is 62.4 Å². The second-order valence-corrected chi connectivity index (χ2v) is 7.69. The molecule has 1 aromatic heterocycles. The molecule has 1 aromatic carbocycles. The molecule has 22 heavy (non-hydrogen) atoms. The predicted molar refractivity (Wildman–Crippen MR) is 92.5 cm³/mol. The molecule has 0 fully saturated rings. The smallest absolute Gasteiger partial charge is 0.136 e. The molecule has 4 heteroatoms. The summed E-state index contributed by atoms with van der Waals surface area (Å²) in [6, 6.07) is 6.54. The van der Waals surface area contributed by atoms with Gasteiger partial charge in [-0.25, -0.2) is 4.98 Å². The van der Waals surface area contributed by atoms with E-state index in [-0.39, 0.29) is 5.92 Å². The van der Waals surface area contributed by atoms with Crippen LogP contribution < -0.4 is 0 Å². The molecule has 2 N–H and O–H groups in total. The Morgan fingerprint density at radius 2 is 1.64 bits per heavy atom. The van der Waals surface area contributed by atoms with Crippen molar-refractivity contribution in [2.24, 2.45) is 5.92 Å². The zero-order valence-corrected chi connectivity index (χ0v) is 15.1. The lowest BCUT2D eigenvalue weighted by molar-refractivity contribution is 0.118. The van der Waals surface area contributed by atoms with Crippen molar-refractivity contribution >= 4 is 11.8 Å². The molecule has 3 nitrogen and oxygen atoms in total. The molecule has 0 saturated heterocycles. The molecule has 0 aliphatic heterocycles. The van der Waals surface area contributed by atoms with Crippen LogP contribution in [0.25, 0.3) is 0 Å². The first-order valence-electron chi connectivity index (χ1n) is 7.82. The molecule has 1 atom stereocenters. The maximum atomic E-state index is 10.3. The minimum absolute atomic E-state index is 0.144. The van der Waals surface area contributed by atoms with Gasteiger partial charge < -0.3 is 10.1 Å². The van der Waals surface area contributed by atoms with Crippen molar-refractivity contribution in [2.75, 3.05) is 0 Å². The fourth-order valence-electron chi connectivity index (χ4n) is 2.42. The van der Waals surface area contributed by atoms with E-state index in [9.17, 15) is 5.11 Å². The summed E-state index contributed by atoms with van der Waals surface area (Å²) in [5.41, 5.74) is 3.55. The maximum absolute atomic E-state index is 10.3. The third-order valence-corrected chi connectivity index (χ3v) is 4.58. The number of nitrogens with zero attached hydrogens (tertiary/aromatic N) is 1. The number of aliphatic hydroxyl groups is 1. The van der Waals surface area contributed by atoms with E-state index in [1.54, 1.807) is 11.8 Å². The summed E-state index contributed by atoms with van der Waals surface area (Å²) in [5, 5.41) is 11.3. The molecule has 0 spiro atoms. The molecular weight excluding hydrogens is 292 g/mol. The summed E-state index contributed by atoms with van der Waals surface area (Å²) in [6.07, 6.45) is -0.550. The van der Waals surface area contributed by atoms with Crippen molar-refractivity contribution in [3.8, 4) is 0 Å². The zero-order valence-electron chi connectivity index (χ0n) is 14.3. The van der Waals surface area contributed by atoms with Crippen LogP contribution in [0.5, 0.6) is 0 Å². The van der Waals surface area contributed by atoms with Gasteiger partial charge in [-0.1, -0.05) is 45.5 Å². The van der Waals surface area contributed by atoms with Gasteiger partial charge in [0.25, 0.3) is 0 Å². The Hall–Kier alpha value is -1.26. The van der Waals surface area contributed by atoms with Crippen LogP contribution in [-0.2, 0) is 0 Å². The summed E-state index contributed by atoms with van der Waals surface area (Å²) < 4.78 is 0. The van der Waals surface area contributed by atoms with E-state index in [1.807, 2.05) is 13.8 Å². The molecule has 120 valence electrons. The molecule has 0 aliphatic rings. The standard InChI is InChI=1S/C18H26N2OS/c1-10(2)15-18(20-17(19-15)16(21)11(3)4)22-14-8-12(5)7-13(6)9-14/h7-11,16,21H,1-6H3,(H,19,20). The summed E-state index contributed by atoms with van der Waals surface area (Å²) in [4.78, 5) is 9.18. The van der Waals surface area contributed by atoms with E-state index >= 15 is 0 Å². The Kier molecular flexibility index (Phi) is 5.35. The van der Waals surface area contributed by atoms with Crippen LogP contribution in [0.2, 0.25) is 0 Å². The fraction of sp³-hybridized carbons (Fsp3) is 0.500. The third kappa shape index (κ3) is 3.93. The number of aryl methyl sites for hydroxylation is 2. The summed E-state index contributed by atoms with van der Waals surface area (Å²) >= 11 is 1.69. The van der Waals surface area contributed by atoms with Crippen LogP contribution in [0, 0.1) is 19.8 Å². The Morgan fingerprint density at radius 1 is 1.05 bits per heavy atom. The van der Waals surface area contributed by atoms with Gasteiger partial charge in [-0.15, -0.1) is 0 Å². The lowest BCUT2D eigenvalue weighted by atomic mass is 10.1. The average Bonchev–Trinajstić information content (AvgIpc) is 2.80. The van der Waals surface area contributed by atoms with Gasteiger partial charge >= 0.3 is 0 Å². The largest absolute Gasteiger partial charge is 0.385 e. The number of aromatic amines is 1. The Morgan fingerprint density at radius 3 is 2.14 bits per heavy atom. The highest BCUT2D eigenvalue weighted by Crippen LogP contribution is 2.35. The molecule has 0 amide bonds. The summed E-state index contributed by atoms with van der Waals surface area (Å²) in [5.74, 6) is 1.13. The Bertz CT molecular complexity index is 626. The number of nitrogens with one attached hydrogen (secondary N) is 1. The van der Waals surface area contributed by atoms with Gasteiger partial charge in [0.1, 0.15) is 17.0 Å². The van der Waals surface area contributed by atoms with Gasteiger partial charge in [-0.2, -0.15) is 0 Å². The first-order valence-corrected chi connectivity index (χ1v) is 8.63. The number of H-pyrrole nitrogens is 1. The van der Waals surface area contributed by atoms with Crippen LogP contribution in [0.15, 0.2) is 28.1 Å². The summed E-state index contributed by atoms with van der Waals surface area (Å²) in [7, 11) is 0. The van der Waals surface area contributed by atoms with Crippen molar-refractivity contribution in [3.05, 3.63) is 40.8 Å². The number of aromatic nitrogens is 2. The molecule has 2 rings (SSSR count). The van der Waals surface area contributed by atoms with Gasteiger partial charge in [-0.3, -0.25) is 0 Å². The van der Waals surface area contributed by atoms with Gasteiger partial charge in [0.15, 0.2) is 0 Å². The summed E-state index contributed by atoms with van der Waals surface area (Å²) in [6.45, 7) is 12.5. The third-order valence-electron chi connectivity index (χ3n) is 3.59. The minimum Gasteiger partial charge on any atom is -0.385 e. The van der Waals surface area contributed by atoms with Gasteiger partial charge in [0, 0.05) is 4.90 Å². The lowest BCUT2D eigenvalue weighted by Gasteiger charge is -2.10. The Labute approximate surface area is 137 Å². The number of aliphatic hydroxyl groups excluding tert-OH is 1. The number of rotatable bonds is 5. The molecule has 0 bridgehead atoms. The van der Waals surface area contributed by atoms with E-state index in [4.69, 9.17) is 0 Å². The van der Waals surface area contributed by atoms with Crippen LogP contribution in [-0.4, -0.2) is 15.1 Å². The zero-order chi connectivity index (χ0) is 16.4. The van der Waals surface area contributed by atoms with E-state index in [0.717, 1.165) is 10.7 Å². The highest BCUT2D eigenvalue weighted by molar-refractivity contribution is 7.99. The SMILES string of the molecule is Cc1cc(C)cc(Sc2[nH]c(C(O)C(C)C)nc2C(C)C)c1. The quantitative estimate of drug-likeness (QED) is 0.816. The van der Waals surface area contributed by atoms with Crippen molar-refractivity contribution in [2.45, 2.75) is 63.5 Å². The molecule has 1 unspecified atom stereocenters. The molecule has 2 aromatic rings. The normalized spacial score (nSPS) is 13.1. The van der Waals surface area contributed by atoms with Crippen molar-refractivity contribution in [3.63, 3.8) is 0 Å². The topological polar surface area (TPSA) is 48.9 Å². The van der Waals surface area contributed by atoms with Crippen LogP contribution in [0.4, 0.5) is 0 Å². The monoisotopic (exact) mass is 318 g/mol. The van der Waals surface area contributed by atoms with Crippen molar-refractivity contribution < 1.29 is 5.11 Å². The average molecular weight is 318 g/mol. The van der Waals surface area contributed by atoms with E-state index < -0.39 is 6.10 Å². The van der Waals surface area contributed by atoms with E-state index in [1.165, 1.54) is 16.0 Å². The second kappa shape index (κ2) is 6.88. The maximum Gasteiger partial charge on any atom is 0.136 e. The van der Waals surface area contributed by atoms with E-state index in [0.29, 0.717) is 11.7 Å². The van der Waals surface area contributed by atoms with Crippen molar-refractivity contribution in [1.82, 2.24) is 9.97 Å². The van der Waals surface area contributed by atoms with Gasteiger partial charge in [0.2, 0.25) is 0 Å². The van der Waals surface area contributed by atoms with Crippen LogP contribution in [0.3, 0.4) is 0 Å².